The SMILES string of the molecule is FC(F)(F)c1ccc(O[C@H]2C[C@H]3CC[C@@H](C2)N3)c(OP)c1. The van der Waals surface area contributed by atoms with E-state index in [0.717, 1.165) is 37.8 Å². The minimum atomic E-state index is -4.38. The average Bonchev–Trinajstić information content (AvgIpc) is 2.77. The van der Waals surface area contributed by atoms with Gasteiger partial charge < -0.3 is 14.6 Å². The molecule has 0 amide bonds. The maximum absolute atomic E-state index is 12.7. The Morgan fingerprint density at radius 1 is 1.10 bits per heavy atom. The number of piperidine rings is 1. The molecule has 2 aliphatic rings. The summed E-state index contributed by atoms with van der Waals surface area (Å²) in [5, 5.41) is 3.50. The van der Waals surface area contributed by atoms with Gasteiger partial charge >= 0.3 is 6.18 Å². The molecule has 3 rings (SSSR count). The van der Waals surface area contributed by atoms with Gasteiger partial charge in [0, 0.05) is 12.1 Å². The standard InChI is InChI=1S/C14H17F3NO2P/c15-14(16,17)8-1-4-12(13(5-8)20-21)19-11-6-9-2-3-10(7-11)18-9/h1,4-5,9-11,18H,2-3,6-7,21H2/t9-,10+,11+. The summed E-state index contributed by atoms with van der Waals surface area (Å²) in [6, 6.07) is 4.26. The quantitative estimate of drug-likeness (QED) is 0.865. The second-order valence-corrected chi connectivity index (χ2v) is 5.86. The first-order valence-electron chi connectivity index (χ1n) is 6.96. The molecular formula is C14H17F3NO2P. The molecule has 0 radical (unpaired) electrons. The van der Waals surface area contributed by atoms with Gasteiger partial charge in [0.25, 0.3) is 0 Å². The Morgan fingerprint density at radius 2 is 1.76 bits per heavy atom. The number of rotatable bonds is 3. The lowest BCUT2D eigenvalue weighted by Crippen LogP contribution is -2.42. The van der Waals surface area contributed by atoms with E-state index in [-0.39, 0.29) is 11.9 Å². The van der Waals surface area contributed by atoms with Gasteiger partial charge in [-0.25, -0.2) is 0 Å². The normalized spacial score (nSPS) is 28.5. The second kappa shape index (κ2) is 5.65. The molecule has 3 nitrogen and oxygen atoms in total. The van der Waals surface area contributed by atoms with Crippen LogP contribution in [0.5, 0.6) is 11.5 Å². The van der Waals surface area contributed by atoms with Crippen molar-refractivity contribution in [1.82, 2.24) is 5.32 Å². The zero-order valence-electron chi connectivity index (χ0n) is 11.3. The third kappa shape index (κ3) is 3.27. The van der Waals surface area contributed by atoms with Crippen molar-refractivity contribution < 1.29 is 22.4 Å². The summed E-state index contributed by atoms with van der Waals surface area (Å²) < 4.78 is 48.9. The molecule has 21 heavy (non-hydrogen) atoms. The molecule has 116 valence electrons. The van der Waals surface area contributed by atoms with Gasteiger partial charge in [0.15, 0.2) is 11.5 Å². The van der Waals surface area contributed by atoms with Crippen LogP contribution in [0.4, 0.5) is 13.2 Å². The van der Waals surface area contributed by atoms with Crippen LogP contribution in [-0.4, -0.2) is 18.2 Å². The number of nitrogens with one attached hydrogen (secondary N) is 1. The fourth-order valence-corrected chi connectivity index (χ4v) is 3.34. The fraction of sp³-hybridized carbons (Fsp3) is 0.571. The minimum absolute atomic E-state index is 0.0272. The summed E-state index contributed by atoms with van der Waals surface area (Å²) in [6.07, 6.45) is -0.305. The molecule has 2 saturated heterocycles. The van der Waals surface area contributed by atoms with Gasteiger partial charge in [-0.05, 0) is 43.9 Å². The highest BCUT2D eigenvalue weighted by Gasteiger charge is 2.35. The van der Waals surface area contributed by atoms with Gasteiger partial charge in [-0.2, -0.15) is 13.2 Å². The monoisotopic (exact) mass is 319 g/mol. The van der Waals surface area contributed by atoms with Crippen molar-refractivity contribution in [1.29, 1.82) is 0 Å². The van der Waals surface area contributed by atoms with Gasteiger partial charge in [-0.15, -0.1) is 0 Å². The summed E-state index contributed by atoms with van der Waals surface area (Å²) in [7, 11) is 1.98. The largest absolute Gasteiger partial charge is 0.486 e. The predicted molar refractivity (Wildman–Crippen MR) is 75.4 cm³/mol. The highest BCUT2D eigenvalue weighted by atomic mass is 31.0. The summed E-state index contributed by atoms with van der Waals surface area (Å²) in [5.41, 5.74) is -0.738. The van der Waals surface area contributed by atoms with E-state index in [4.69, 9.17) is 9.26 Å². The van der Waals surface area contributed by atoms with Crippen molar-refractivity contribution in [3.05, 3.63) is 23.8 Å². The molecule has 0 aromatic heterocycles. The lowest BCUT2D eigenvalue weighted by Gasteiger charge is -2.30. The molecule has 1 unspecified atom stereocenters. The third-order valence-electron chi connectivity index (χ3n) is 4.12. The number of ether oxygens (including phenoxy) is 1. The lowest BCUT2D eigenvalue weighted by molar-refractivity contribution is -0.137. The summed E-state index contributed by atoms with van der Waals surface area (Å²) >= 11 is 0. The minimum Gasteiger partial charge on any atom is -0.486 e. The summed E-state index contributed by atoms with van der Waals surface area (Å²) in [6.45, 7) is 0. The van der Waals surface area contributed by atoms with Gasteiger partial charge in [-0.1, -0.05) is 0 Å². The van der Waals surface area contributed by atoms with Gasteiger partial charge in [0.05, 0.1) is 15.0 Å². The van der Waals surface area contributed by atoms with Crippen LogP contribution in [0.1, 0.15) is 31.2 Å². The van der Waals surface area contributed by atoms with Crippen LogP contribution in [0, 0.1) is 0 Å². The first-order valence-corrected chi connectivity index (χ1v) is 7.43. The molecule has 2 bridgehead atoms. The van der Waals surface area contributed by atoms with Crippen LogP contribution in [0.2, 0.25) is 0 Å². The molecule has 0 saturated carbocycles. The van der Waals surface area contributed by atoms with Crippen LogP contribution in [-0.2, 0) is 6.18 Å². The molecule has 7 heteroatoms. The van der Waals surface area contributed by atoms with Crippen LogP contribution < -0.4 is 14.6 Å². The maximum Gasteiger partial charge on any atom is 0.416 e. The zero-order valence-corrected chi connectivity index (χ0v) is 12.5. The Bertz CT molecular complexity index is 511. The smallest absolute Gasteiger partial charge is 0.416 e. The van der Waals surface area contributed by atoms with Gasteiger partial charge in [0.2, 0.25) is 0 Å². The molecule has 1 aromatic rings. The van der Waals surface area contributed by atoms with Crippen molar-refractivity contribution in [2.75, 3.05) is 0 Å². The Balaban J connectivity index is 1.76. The van der Waals surface area contributed by atoms with E-state index in [1.165, 1.54) is 6.07 Å². The molecule has 1 aromatic carbocycles. The van der Waals surface area contributed by atoms with Gasteiger partial charge in [0.1, 0.15) is 6.10 Å². The molecule has 0 spiro atoms. The number of benzene rings is 1. The number of hydrogen-bond donors (Lipinski definition) is 1. The number of alkyl halides is 3. The highest BCUT2D eigenvalue weighted by molar-refractivity contribution is 7.10. The molecule has 2 aliphatic heterocycles. The van der Waals surface area contributed by atoms with E-state index < -0.39 is 11.7 Å². The Labute approximate surface area is 123 Å². The van der Waals surface area contributed by atoms with E-state index in [9.17, 15) is 13.2 Å². The first kappa shape index (κ1) is 14.9. The maximum atomic E-state index is 12.7. The van der Waals surface area contributed by atoms with E-state index in [2.05, 4.69) is 5.32 Å². The van der Waals surface area contributed by atoms with Crippen LogP contribution in [0.3, 0.4) is 0 Å². The fourth-order valence-electron chi connectivity index (χ4n) is 3.15. The highest BCUT2D eigenvalue weighted by Crippen LogP contribution is 2.39. The molecule has 1 N–H and O–H groups in total. The molecule has 2 fully saturated rings. The Hall–Kier alpha value is -1.00. The average molecular weight is 319 g/mol. The second-order valence-electron chi connectivity index (χ2n) is 5.63. The van der Waals surface area contributed by atoms with Crippen molar-refractivity contribution in [2.45, 2.75) is 50.0 Å². The van der Waals surface area contributed by atoms with E-state index >= 15 is 0 Å². The topological polar surface area (TPSA) is 30.5 Å². The predicted octanol–water partition coefficient (Wildman–Crippen LogP) is 3.54. The van der Waals surface area contributed by atoms with E-state index in [1.807, 2.05) is 9.47 Å². The molecule has 4 atom stereocenters. The van der Waals surface area contributed by atoms with Crippen LogP contribution in [0.15, 0.2) is 18.2 Å². The summed E-state index contributed by atoms with van der Waals surface area (Å²) in [4.78, 5) is 0. The van der Waals surface area contributed by atoms with E-state index in [1.54, 1.807) is 0 Å². The van der Waals surface area contributed by atoms with Crippen LogP contribution in [0.25, 0.3) is 0 Å². The van der Waals surface area contributed by atoms with Crippen molar-refractivity contribution in [2.24, 2.45) is 0 Å². The summed E-state index contributed by atoms with van der Waals surface area (Å²) in [5.74, 6) is 0.463. The number of fused-ring (bicyclic) bond motifs is 2. The number of halogens is 3. The molecular weight excluding hydrogens is 302 g/mol. The van der Waals surface area contributed by atoms with Crippen molar-refractivity contribution >= 4 is 9.47 Å². The van der Waals surface area contributed by atoms with Gasteiger partial charge in [-0.3, -0.25) is 0 Å². The zero-order chi connectivity index (χ0) is 15.0. The molecule has 2 heterocycles. The number of hydrogen-bond acceptors (Lipinski definition) is 3. The first-order chi connectivity index (χ1) is 9.95. The molecule has 0 aliphatic carbocycles. The lowest BCUT2D eigenvalue weighted by atomic mass is 10.0. The van der Waals surface area contributed by atoms with Crippen LogP contribution >= 0.6 is 9.47 Å². The van der Waals surface area contributed by atoms with Crippen molar-refractivity contribution in [3.63, 3.8) is 0 Å². The third-order valence-corrected chi connectivity index (χ3v) is 4.38. The van der Waals surface area contributed by atoms with Crippen molar-refractivity contribution in [3.8, 4) is 11.5 Å². The Morgan fingerprint density at radius 3 is 2.33 bits per heavy atom. The Kier molecular flexibility index (Phi) is 4.02. The van der Waals surface area contributed by atoms with E-state index in [0.29, 0.717) is 17.8 Å².